The Kier molecular flexibility index (Phi) is 7.46. The number of hydrogen-bond acceptors (Lipinski definition) is 2. The van der Waals surface area contributed by atoms with Gasteiger partial charge in [0.15, 0.2) is 5.82 Å². The molecule has 0 aliphatic carbocycles. The van der Waals surface area contributed by atoms with E-state index in [1.165, 1.54) is 43.6 Å². The highest BCUT2D eigenvalue weighted by atomic mass is 15.1. The first kappa shape index (κ1) is 31.9. The lowest BCUT2D eigenvalue weighted by atomic mass is 10.0. The maximum absolute atomic E-state index is 5.05. The molecule has 0 saturated carbocycles. The fraction of sp³-hybridized carbons (Fsp3) is 0. The highest BCUT2D eigenvalue weighted by Gasteiger charge is 2.19. The molecule has 8 aromatic carbocycles. The predicted octanol–water partition coefficient (Wildman–Crippen LogP) is 13.3. The Morgan fingerprint density at radius 3 is 1.18 bits per heavy atom. The van der Waals surface area contributed by atoms with Gasteiger partial charge in [0.2, 0.25) is 0 Å². The van der Waals surface area contributed by atoms with Crippen molar-refractivity contribution in [1.29, 1.82) is 0 Å². The number of rotatable bonds is 6. The number of fused-ring (bicyclic) bond motifs is 6. The molecule has 0 amide bonds. The average molecular weight is 715 g/mol. The molecule has 11 aromatic rings. The van der Waals surface area contributed by atoms with Crippen LogP contribution in [-0.4, -0.2) is 19.1 Å². The van der Waals surface area contributed by atoms with Gasteiger partial charge in [0.25, 0.3) is 0 Å². The van der Waals surface area contributed by atoms with E-state index in [1.807, 2.05) is 36.4 Å². The van der Waals surface area contributed by atoms with Crippen LogP contribution >= 0.6 is 0 Å². The van der Waals surface area contributed by atoms with Crippen molar-refractivity contribution in [2.24, 2.45) is 0 Å². The highest BCUT2D eigenvalue weighted by molar-refractivity contribution is 6.12. The van der Waals surface area contributed by atoms with Crippen molar-refractivity contribution in [3.05, 3.63) is 206 Å². The summed E-state index contributed by atoms with van der Waals surface area (Å²) in [7, 11) is 0. The Labute approximate surface area is 324 Å². The zero-order valence-electron chi connectivity index (χ0n) is 30.4. The van der Waals surface area contributed by atoms with E-state index in [1.54, 1.807) is 0 Å². The van der Waals surface area contributed by atoms with E-state index >= 15 is 0 Å². The Hall–Kier alpha value is -7.56. The van der Waals surface area contributed by atoms with Gasteiger partial charge in [-0.3, -0.25) is 0 Å². The van der Waals surface area contributed by atoms with Gasteiger partial charge in [0.1, 0.15) is 0 Å². The smallest absolute Gasteiger partial charge is 0.160 e. The van der Waals surface area contributed by atoms with E-state index in [2.05, 4.69) is 179 Å². The van der Waals surface area contributed by atoms with Crippen molar-refractivity contribution in [2.45, 2.75) is 0 Å². The predicted molar refractivity (Wildman–Crippen MR) is 232 cm³/mol. The maximum atomic E-state index is 5.05. The Morgan fingerprint density at radius 1 is 0.268 bits per heavy atom. The Morgan fingerprint density at radius 2 is 0.661 bits per heavy atom. The van der Waals surface area contributed by atoms with Crippen LogP contribution < -0.4 is 0 Å². The van der Waals surface area contributed by atoms with E-state index < -0.39 is 0 Å². The lowest BCUT2D eigenvalue weighted by molar-refractivity contribution is 1.10. The molecule has 262 valence electrons. The highest BCUT2D eigenvalue weighted by Crippen LogP contribution is 2.39. The summed E-state index contributed by atoms with van der Waals surface area (Å²) in [6.45, 7) is 0. The fourth-order valence-corrected chi connectivity index (χ4v) is 8.34. The summed E-state index contributed by atoms with van der Waals surface area (Å²) in [4.78, 5) is 10.1. The van der Waals surface area contributed by atoms with Gasteiger partial charge in [-0.2, -0.15) is 0 Å². The summed E-state index contributed by atoms with van der Waals surface area (Å²) < 4.78 is 4.84. The third kappa shape index (κ3) is 5.23. The van der Waals surface area contributed by atoms with Crippen LogP contribution in [0.25, 0.3) is 100 Å². The SMILES string of the molecule is c1ccc(-c2cc(-c3ccccc3)nc(-c3ccc(-c4ccc5c(c4)c4ccccc4n5-c4ccccc4-n4c5ccccc5c5ccccc54)cc3)n2)cc1. The van der Waals surface area contributed by atoms with Crippen LogP contribution in [0, 0.1) is 0 Å². The quantitative estimate of drug-likeness (QED) is 0.172. The van der Waals surface area contributed by atoms with Crippen molar-refractivity contribution >= 4 is 43.6 Å². The summed E-state index contributed by atoms with van der Waals surface area (Å²) >= 11 is 0. The topological polar surface area (TPSA) is 35.6 Å². The van der Waals surface area contributed by atoms with Crippen molar-refractivity contribution in [3.63, 3.8) is 0 Å². The van der Waals surface area contributed by atoms with Gasteiger partial charge >= 0.3 is 0 Å². The molecule has 4 heteroatoms. The summed E-state index contributed by atoms with van der Waals surface area (Å²) in [6.07, 6.45) is 0. The maximum Gasteiger partial charge on any atom is 0.160 e. The number of benzene rings is 8. The normalized spacial score (nSPS) is 11.6. The minimum Gasteiger partial charge on any atom is -0.307 e. The fourth-order valence-electron chi connectivity index (χ4n) is 8.34. The summed E-state index contributed by atoms with van der Waals surface area (Å²) in [5.74, 6) is 0.706. The van der Waals surface area contributed by atoms with Gasteiger partial charge in [-0.05, 0) is 59.7 Å². The van der Waals surface area contributed by atoms with Crippen LogP contribution in [0.1, 0.15) is 0 Å². The van der Waals surface area contributed by atoms with E-state index in [0.717, 1.165) is 50.6 Å². The summed E-state index contributed by atoms with van der Waals surface area (Å²) in [5, 5.41) is 4.94. The first-order valence-corrected chi connectivity index (χ1v) is 19.0. The third-order valence-electron chi connectivity index (χ3n) is 11.0. The van der Waals surface area contributed by atoms with Gasteiger partial charge in [0.05, 0.1) is 44.8 Å². The minimum absolute atomic E-state index is 0.706. The molecule has 0 atom stereocenters. The first-order valence-electron chi connectivity index (χ1n) is 19.0. The van der Waals surface area contributed by atoms with E-state index in [0.29, 0.717) is 5.82 Å². The van der Waals surface area contributed by atoms with Crippen molar-refractivity contribution in [1.82, 2.24) is 19.1 Å². The second kappa shape index (κ2) is 13.1. The molecule has 0 radical (unpaired) electrons. The van der Waals surface area contributed by atoms with E-state index in [4.69, 9.17) is 9.97 Å². The molecule has 0 fully saturated rings. The van der Waals surface area contributed by atoms with Gasteiger partial charge in [0, 0.05) is 38.2 Å². The minimum atomic E-state index is 0.706. The molecule has 4 nitrogen and oxygen atoms in total. The van der Waals surface area contributed by atoms with Gasteiger partial charge in [-0.25, -0.2) is 9.97 Å². The molecule has 0 aliphatic rings. The molecule has 0 saturated heterocycles. The largest absolute Gasteiger partial charge is 0.307 e. The van der Waals surface area contributed by atoms with Gasteiger partial charge in [-0.1, -0.05) is 158 Å². The second-order valence-corrected chi connectivity index (χ2v) is 14.2. The molecule has 11 rings (SSSR count). The van der Waals surface area contributed by atoms with Crippen LogP contribution in [-0.2, 0) is 0 Å². The molecule has 56 heavy (non-hydrogen) atoms. The van der Waals surface area contributed by atoms with Crippen molar-refractivity contribution in [2.75, 3.05) is 0 Å². The second-order valence-electron chi connectivity index (χ2n) is 14.2. The van der Waals surface area contributed by atoms with Crippen LogP contribution in [0.5, 0.6) is 0 Å². The van der Waals surface area contributed by atoms with E-state index in [9.17, 15) is 0 Å². The number of hydrogen-bond donors (Lipinski definition) is 0. The Bertz CT molecular complexity index is 3120. The van der Waals surface area contributed by atoms with Crippen LogP contribution in [0.3, 0.4) is 0 Å². The van der Waals surface area contributed by atoms with Crippen LogP contribution in [0.2, 0.25) is 0 Å². The molecule has 3 heterocycles. The monoisotopic (exact) mass is 714 g/mol. The molecule has 0 bridgehead atoms. The Balaban J connectivity index is 1.03. The standard InChI is InChI=1S/C52H34N4/c1-3-15-36(16-4-1)44-34-45(37-17-5-2-6-18-37)54-52(53-44)38-29-27-35(28-30-38)39-31-32-49-43(33-39)42-21-9-12-24-48(42)56(49)51-26-14-13-25-50(51)55-46-22-10-7-19-40(46)41-20-8-11-23-47(41)55/h1-34H. The zero-order chi connectivity index (χ0) is 37.0. The summed E-state index contributed by atoms with van der Waals surface area (Å²) in [5.41, 5.74) is 14.2. The number of nitrogens with zero attached hydrogens (tertiary/aromatic N) is 4. The molecular formula is C52H34N4. The van der Waals surface area contributed by atoms with Gasteiger partial charge in [-0.15, -0.1) is 0 Å². The third-order valence-corrected chi connectivity index (χ3v) is 11.0. The average Bonchev–Trinajstić information content (AvgIpc) is 3.79. The lowest BCUT2D eigenvalue weighted by Crippen LogP contribution is -2.03. The van der Waals surface area contributed by atoms with Crippen molar-refractivity contribution < 1.29 is 0 Å². The first-order chi connectivity index (χ1) is 27.8. The van der Waals surface area contributed by atoms with E-state index in [-0.39, 0.29) is 0 Å². The lowest BCUT2D eigenvalue weighted by Gasteiger charge is -2.16. The zero-order valence-corrected chi connectivity index (χ0v) is 30.4. The molecular weight excluding hydrogens is 681 g/mol. The number of para-hydroxylation sites is 5. The van der Waals surface area contributed by atoms with Gasteiger partial charge < -0.3 is 9.13 Å². The van der Waals surface area contributed by atoms with Crippen LogP contribution in [0.15, 0.2) is 206 Å². The number of aromatic nitrogens is 4. The molecule has 3 aromatic heterocycles. The molecule has 0 aliphatic heterocycles. The molecule has 0 unspecified atom stereocenters. The summed E-state index contributed by atoms with van der Waals surface area (Å²) in [6, 6.07) is 73.2. The van der Waals surface area contributed by atoms with Crippen molar-refractivity contribution in [3.8, 4) is 56.4 Å². The van der Waals surface area contributed by atoms with Crippen LogP contribution in [0.4, 0.5) is 0 Å². The molecule has 0 spiro atoms. The molecule has 0 N–H and O–H groups in total.